The summed E-state index contributed by atoms with van der Waals surface area (Å²) in [6.07, 6.45) is 7.45. The molecule has 0 aromatic heterocycles. The smallest absolute Gasteiger partial charge is 0.119 e. The lowest BCUT2D eigenvalue weighted by atomic mass is 9.93. The molecule has 20 heavy (non-hydrogen) atoms. The molecule has 2 rings (SSSR count). The molecule has 1 aliphatic rings. The van der Waals surface area contributed by atoms with E-state index in [9.17, 15) is 0 Å². The molecule has 0 unspecified atom stereocenters. The van der Waals surface area contributed by atoms with Gasteiger partial charge in [0.1, 0.15) is 5.75 Å². The van der Waals surface area contributed by atoms with Crippen LogP contribution >= 0.6 is 0 Å². The molecule has 0 amide bonds. The first-order valence-electron chi connectivity index (χ1n) is 8.01. The van der Waals surface area contributed by atoms with Gasteiger partial charge in [-0.2, -0.15) is 0 Å². The highest BCUT2D eigenvalue weighted by Gasteiger charge is 2.11. The fourth-order valence-corrected chi connectivity index (χ4v) is 2.81. The van der Waals surface area contributed by atoms with E-state index in [0.717, 1.165) is 31.1 Å². The first-order valence-corrected chi connectivity index (χ1v) is 8.01. The number of unbranched alkanes of at least 4 members (excludes halogenated alkanes) is 1. The monoisotopic (exact) mass is 276 g/mol. The summed E-state index contributed by atoms with van der Waals surface area (Å²) >= 11 is 0. The van der Waals surface area contributed by atoms with E-state index < -0.39 is 0 Å². The maximum absolute atomic E-state index is 5.78. The minimum Gasteiger partial charge on any atom is -0.494 e. The van der Waals surface area contributed by atoms with Crippen LogP contribution in [0.15, 0.2) is 24.3 Å². The van der Waals surface area contributed by atoms with Gasteiger partial charge < -0.3 is 15.8 Å². The highest BCUT2D eigenvalue weighted by molar-refractivity contribution is 5.27. The van der Waals surface area contributed by atoms with Gasteiger partial charge in [0.05, 0.1) is 6.61 Å². The summed E-state index contributed by atoms with van der Waals surface area (Å²) in [5, 5.41) is 3.42. The number of piperidine rings is 1. The molecule has 112 valence electrons. The quantitative estimate of drug-likeness (QED) is 0.718. The maximum atomic E-state index is 5.78. The zero-order valence-corrected chi connectivity index (χ0v) is 12.4. The lowest BCUT2D eigenvalue weighted by molar-refractivity contribution is 0.287. The zero-order chi connectivity index (χ0) is 14.0. The van der Waals surface area contributed by atoms with Crippen LogP contribution in [0.3, 0.4) is 0 Å². The molecule has 1 heterocycles. The number of ether oxygens (including phenoxy) is 1. The van der Waals surface area contributed by atoms with Crippen molar-refractivity contribution < 1.29 is 4.74 Å². The van der Waals surface area contributed by atoms with Crippen LogP contribution in [-0.2, 0) is 6.42 Å². The molecule has 0 spiro atoms. The molecule has 0 saturated carbocycles. The number of hydrogen-bond acceptors (Lipinski definition) is 3. The van der Waals surface area contributed by atoms with E-state index in [1.165, 1.54) is 44.3 Å². The Morgan fingerprint density at radius 3 is 2.55 bits per heavy atom. The maximum Gasteiger partial charge on any atom is 0.119 e. The van der Waals surface area contributed by atoms with Crippen LogP contribution in [0.25, 0.3) is 0 Å². The standard InChI is InChI=1S/C17H28N2O/c18-11-8-16-4-6-17(7-5-16)20-14-2-1-3-15-9-12-19-13-10-15/h4-7,15,19H,1-3,8-14,18H2. The van der Waals surface area contributed by atoms with Crippen molar-refractivity contribution in [3.63, 3.8) is 0 Å². The van der Waals surface area contributed by atoms with Gasteiger partial charge in [-0.25, -0.2) is 0 Å². The molecule has 1 aromatic carbocycles. The Kier molecular flexibility index (Phi) is 6.89. The summed E-state index contributed by atoms with van der Waals surface area (Å²) in [5.41, 5.74) is 6.82. The summed E-state index contributed by atoms with van der Waals surface area (Å²) in [6.45, 7) is 3.95. The van der Waals surface area contributed by atoms with Crippen molar-refractivity contribution in [2.45, 2.75) is 38.5 Å². The number of rotatable bonds is 8. The number of nitrogens with two attached hydrogens (primary N) is 1. The molecule has 0 bridgehead atoms. The van der Waals surface area contributed by atoms with E-state index in [4.69, 9.17) is 10.5 Å². The second-order valence-corrected chi connectivity index (χ2v) is 5.72. The third kappa shape index (κ3) is 5.51. The van der Waals surface area contributed by atoms with Crippen molar-refractivity contribution in [2.75, 3.05) is 26.2 Å². The highest BCUT2D eigenvalue weighted by Crippen LogP contribution is 2.19. The average Bonchev–Trinajstić information content (AvgIpc) is 2.50. The molecular weight excluding hydrogens is 248 g/mol. The molecule has 3 N–H and O–H groups in total. The first-order chi connectivity index (χ1) is 9.88. The van der Waals surface area contributed by atoms with Crippen LogP contribution in [0.5, 0.6) is 5.75 Å². The number of hydrogen-bond donors (Lipinski definition) is 2. The van der Waals surface area contributed by atoms with Crippen LogP contribution in [0.1, 0.15) is 37.7 Å². The van der Waals surface area contributed by atoms with Crippen LogP contribution in [0, 0.1) is 5.92 Å². The molecule has 1 saturated heterocycles. The van der Waals surface area contributed by atoms with Crippen molar-refractivity contribution in [1.82, 2.24) is 5.32 Å². The van der Waals surface area contributed by atoms with Crippen molar-refractivity contribution in [3.8, 4) is 5.75 Å². The fourth-order valence-electron chi connectivity index (χ4n) is 2.81. The normalized spacial score (nSPS) is 16.2. The largest absolute Gasteiger partial charge is 0.494 e. The van der Waals surface area contributed by atoms with Gasteiger partial charge in [0.2, 0.25) is 0 Å². The van der Waals surface area contributed by atoms with Gasteiger partial charge >= 0.3 is 0 Å². The Balaban J connectivity index is 1.56. The highest BCUT2D eigenvalue weighted by atomic mass is 16.5. The Labute approximate surface area is 122 Å². The second kappa shape index (κ2) is 8.98. The van der Waals surface area contributed by atoms with Crippen LogP contribution in [-0.4, -0.2) is 26.2 Å². The van der Waals surface area contributed by atoms with Crippen molar-refractivity contribution in [1.29, 1.82) is 0 Å². The van der Waals surface area contributed by atoms with Gasteiger partial charge in [0.25, 0.3) is 0 Å². The van der Waals surface area contributed by atoms with Crippen molar-refractivity contribution >= 4 is 0 Å². The molecule has 0 aliphatic carbocycles. The van der Waals surface area contributed by atoms with Gasteiger partial charge in [-0.15, -0.1) is 0 Å². The van der Waals surface area contributed by atoms with Gasteiger partial charge in [0.15, 0.2) is 0 Å². The Hall–Kier alpha value is -1.06. The van der Waals surface area contributed by atoms with Crippen molar-refractivity contribution in [3.05, 3.63) is 29.8 Å². The topological polar surface area (TPSA) is 47.3 Å². The number of nitrogens with one attached hydrogen (secondary N) is 1. The average molecular weight is 276 g/mol. The minimum atomic E-state index is 0.705. The first kappa shape index (κ1) is 15.3. The summed E-state index contributed by atoms with van der Waals surface area (Å²) < 4.78 is 5.78. The predicted molar refractivity (Wildman–Crippen MR) is 84.1 cm³/mol. The third-order valence-electron chi connectivity index (χ3n) is 4.09. The Morgan fingerprint density at radius 2 is 1.85 bits per heavy atom. The summed E-state index contributed by atoms with van der Waals surface area (Å²) in [4.78, 5) is 0. The van der Waals surface area contributed by atoms with E-state index in [2.05, 4.69) is 29.6 Å². The SMILES string of the molecule is NCCc1ccc(OCCCCC2CCNCC2)cc1. The Bertz CT molecular complexity index is 358. The molecular formula is C17H28N2O. The molecule has 3 nitrogen and oxygen atoms in total. The molecule has 1 fully saturated rings. The van der Waals surface area contributed by atoms with Gasteiger partial charge in [-0.3, -0.25) is 0 Å². The van der Waals surface area contributed by atoms with E-state index in [1.807, 2.05) is 0 Å². The van der Waals surface area contributed by atoms with Gasteiger partial charge in [0, 0.05) is 0 Å². The van der Waals surface area contributed by atoms with Gasteiger partial charge in [-0.05, 0) is 75.4 Å². The minimum absolute atomic E-state index is 0.705. The second-order valence-electron chi connectivity index (χ2n) is 5.72. The molecule has 0 atom stereocenters. The van der Waals surface area contributed by atoms with Gasteiger partial charge in [-0.1, -0.05) is 18.6 Å². The van der Waals surface area contributed by atoms with Crippen LogP contribution < -0.4 is 15.8 Å². The molecule has 1 aromatic rings. The zero-order valence-electron chi connectivity index (χ0n) is 12.4. The van der Waals surface area contributed by atoms with Crippen LogP contribution in [0.2, 0.25) is 0 Å². The van der Waals surface area contributed by atoms with Crippen LogP contribution in [0.4, 0.5) is 0 Å². The van der Waals surface area contributed by atoms with E-state index in [0.29, 0.717) is 6.54 Å². The number of benzene rings is 1. The third-order valence-corrected chi connectivity index (χ3v) is 4.09. The molecule has 3 heteroatoms. The molecule has 0 radical (unpaired) electrons. The van der Waals surface area contributed by atoms with Crippen molar-refractivity contribution in [2.24, 2.45) is 11.7 Å². The Morgan fingerprint density at radius 1 is 1.10 bits per heavy atom. The van der Waals surface area contributed by atoms with E-state index >= 15 is 0 Å². The lowest BCUT2D eigenvalue weighted by Gasteiger charge is -2.22. The predicted octanol–water partition coefficient (Wildman–Crippen LogP) is 2.74. The molecule has 1 aliphatic heterocycles. The van der Waals surface area contributed by atoms with E-state index in [-0.39, 0.29) is 0 Å². The summed E-state index contributed by atoms with van der Waals surface area (Å²) in [7, 11) is 0. The summed E-state index contributed by atoms with van der Waals surface area (Å²) in [6, 6.07) is 8.32. The summed E-state index contributed by atoms with van der Waals surface area (Å²) in [5.74, 6) is 1.92. The fraction of sp³-hybridized carbons (Fsp3) is 0.647. The lowest BCUT2D eigenvalue weighted by Crippen LogP contribution is -2.27. The van der Waals surface area contributed by atoms with E-state index in [1.54, 1.807) is 0 Å².